The Morgan fingerprint density at radius 2 is 1.92 bits per heavy atom. The maximum Gasteiger partial charge on any atom is 0.351 e. The number of carbonyl (C=O) groups excluding carboxylic acids is 2. The molecule has 38 heavy (non-hydrogen) atoms. The third kappa shape index (κ3) is 6.76. The van der Waals surface area contributed by atoms with Gasteiger partial charge in [-0.2, -0.15) is 0 Å². The second-order valence-electron chi connectivity index (χ2n) is 8.65. The molecule has 1 N–H and O–H groups in total. The van der Waals surface area contributed by atoms with Crippen LogP contribution in [0, 0.1) is 0 Å². The van der Waals surface area contributed by atoms with Crippen LogP contribution in [-0.2, 0) is 25.3 Å². The molecular formula is C26H26BrClN2O6S2. The van der Waals surface area contributed by atoms with Gasteiger partial charge in [-0.15, -0.1) is 11.3 Å². The molecule has 202 valence electrons. The quantitative estimate of drug-likeness (QED) is 0.227. The molecule has 0 spiro atoms. The zero-order valence-electron chi connectivity index (χ0n) is 20.5. The smallest absolute Gasteiger partial charge is 0.351 e. The maximum absolute atomic E-state index is 12.9. The van der Waals surface area contributed by atoms with Gasteiger partial charge in [0.1, 0.15) is 6.61 Å². The van der Waals surface area contributed by atoms with E-state index in [9.17, 15) is 18.0 Å². The summed E-state index contributed by atoms with van der Waals surface area (Å²) in [6.45, 7) is 0.682. The van der Waals surface area contributed by atoms with Gasteiger partial charge in [-0.05, 0) is 64.2 Å². The van der Waals surface area contributed by atoms with Crippen molar-refractivity contribution in [2.24, 2.45) is 0 Å². The van der Waals surface area contributed by atoms with Crippen molar-refractivity contribution >= 4 is 66.8 Å². The Morgan fingerprint density at radius 1 is 1.21 bits per heavy atom. The van der Waals surface area contributed by atoms with E-state index in [4.69, 9.17) is 21.1 Å². The third-order valence-corrected chi connectivity index (χ3v) is 10.4. The van der Waals surface area contributed by atoms with Crippen LogP contribution in [0.5, 0.6) is 5.75 Å². The highest BCUT2D eigenvalue weighted by Crippen LogP contribution is 2.46. The largest absolute Gasteiger partial charge is 0.483 e. The number of nitrogens with one attached hydrogen (secondary N) is 1. The lowest BCUT2D eigenvalue weighted by atomic mass is 10.1. The van der Waals surface area contributed by atoms with Crippen molar-refractivity contribution in [3.8, 4) is 16.2 Å². The number of sulfonamides is 1. The SMILES string of the molecule is COC(=O)c1sc(-c2cccc(NC3CCN(S(=O)(=O)Cc4ccc(Cl)cc4)CC3)c2)c(Br)c1OCC=O. The van der Waals surface area contributed by atoms with Gasteiger partial charge in [0.25, 0.3) is 0 Å². The average Bonchev–Trinajstić information content (AvgIpc) is 3.24. The van der Waals surface area contributed by atoms with Crippen molar-refractivity contribution in [1.29, 1.82) is 0 Å². The summed E-state index contributed by atoms with van der Waals surface area (Å²) in [5, 5.41) is 4.09. The van der Waals surface area contributed by atoms with Crippen molar-refractivity contribution in [2.45, 2.75) is 24.6 Å². The van der Waals surface area contributed by atoms with Crippen LogP contribution in [0.2, 0.25) is 5.02 Å². The number of aldehydes is 1. The van der Waals surface area contributed by atoms with Crippen molar-refractivity contribution in [1.82, 2.24) is 4.31 Å². The molecule has 2 aromatic carbocycles. The second-order valence-corrected chi connectivity index (χ2v) is 12.9. The van der Waals surface area contributed by atoms with Crippen LogP contribution in [-0.4, -0.2) is 57.8 Å². The molecule has 0 amide bonds. The molecule has 0 aliphatic carbocycles. The lowest BCUT2D eigenvalue weighted by molar-refractivity contribution is -0.109. The topological polar surface area (TPSA) is 102 Å². The predicted molar refractivity (Wildman–Crippen MR) is 153 cm³/mol. The number of thiophene rings is 1. The number of anilines is 1. The molecule has 3 aromatic rings. The van der Waals surface area contributed by atoms with Crippen LogP contribution >= 0.6 is 38.9 Å². The standard InChI is InChI=1S/C26H26BrClN2O6S2/c1-35-26(32)25-23(36-14-13-31)22(27)24(37-25)18-3-2-4-21(15-18)29-20-9-11-30(12-10-20)38(33,34)16-17-5-7-19(28)8-6-17/h2-8,13,15,20,29H,9-12,14,16H2,1H3. The first-order chi connectivity index (χ1) is 18.2. The van der Waals surface area contributed by atoms with Gasteiger partial charge in [0.2, 0.25) is 10.0 Å². The van der Waals surface area contributed by atoms with Crippen LogP contribution in [0.1, 0.15) is 28.1 Å². The fourth-order valence-electron chi connectivity index (χ4n) is 4.20. The minimum absolute atomic E-state index is 0.0495. The fraction of sp³-hybridized carbons (Fsp3) is 0.308. The molecule has 1 aliphatic heterocycles. The first-order valence-electron chi connectivity index (χ1n) is 11.8. The van der Waals surface area contributed by atoms with Crippen LogP contribution in [0.4, 0.5) is 5.69 Å². The molecule has 1 saturated heterocycles. The molecule has 0 unspecified atom stereocenters. The van der Waals surface area contributed by atoms with Crippen LogP contribution in [0.15, 0.2) is 53.0 Å². The zero-order chi connectivity index (χ0) is 27.3. The summed E-state index contributed by atoms with van der Waals surface area (Å²) >= 11 is 10.6. The number of esters is 1. The van der Waals surface area contributed by atoms with Gasteiger partial charge in [-0.3, -0.25) is 4.79 Å². The Kier molecular flexibility index (Phi) is 9.48. The molecule has 8 nitrogen and oxygen atoms in total. The number of halogens is 2. The molecule has 0 saturated carbocycles. The maximum atomic E-state index is 12.9. The Bertz CT molecular complexity index is 1400. The molecule has 1 aliphatic rings. The van der Waals surface area contributed by atoms with Gasteiger partial charge in [0, 0.05) is 29.8 Å². The summed E-state index contributed by atoms with van der Waals surface area (Å²) in [5.41, 5.74) is 2.43. The molecule has 4 rings (SSSR count). The van der Waals surface area contributed by atoms with Gasteiger partial charge < -0.3 is 14.8 Å². The number of hydrogen-bond donors (Lipinski definition) is 1. The van der Waals surface area contributed by atoms with Crippen LogP contribution < -0.4 is 10.1 Å². The molecule has 0 atom stereocenters. The van der Waals surface area contributed by atoms with Gasteiger partial charge in [0.15, 0.2) is 16.9 Å². The van der Waals surface area contributed by atoms with E-state index >= 15 is 0 Å². The van der Waals surface area contributed by atoms with E-state index in [0.29, 0.717) is 47.3 Å². The first-order valence-corrected chi connectivity index (χ1v) is 15.4. The van der Waals surface area contributed by atoms with Crippen molar-refractivity contribution in [2.75, 3.05) is 32.1 Å². The normalized spacial score (nSPS) is 14.7. The van der Waals surface area contributed by atoms with Gasteiger partial charge in [-0.1, -0.05) is 35.9 Å². The summed E-state index contributed by atoms with van der Waals surface area (Å²) in [6, 6.07) is 14.7. The van der Waals surface area contributed by atoms with Crippen molar-refractivity contribution in [3.63, 3.8) is 0 Å². The van der Waals surface area contributed by atoms with Gasteiger partial charge >= 0.3 is 5.97 Å². The Labute approximate surface area is 239 Å². The summed E-state index contributed by atoms with van der Waals surface area (Å²) in [4.78, 5) is 24.1. The Hall–Kier alpha value is -2.44. The minimum atomic E-state index is -3.42. The van der Waals surface area contributed by atoms with Crippen LogP contribution in [0.3, 0.4) is 0 Å². The van der Waals surface area contributed by atoms with E-state index in [0.717, 1.165) is 16.1 Å². The molecule has 2 heterocycles. The summed E-state index contributed by atoms with van der Waals surface area (Å²) in [5.74, 6) is -0.323. The zero-order valence-corrected chi connectivity index (χ0v) is 24.5. The fourth-order valence-corrected chi connectivity index (χ4v) is 7.86. The molecular weight excluding hydrogens is 616 g/mol. The van der Waals surface area contributed by atoms with Crippen molar-refractivity contribution in [3.05, 3.63) is 68.5 Å². The number of ether oxygens (including phenoxy) is 2. The monoisotopic (exact) mass is 640 g/mol. The molecule has 0 bridgehead atoms. The highest BCUT2D eigenvalue weighted by atomic mass is 79.9. The molecule has 1 aromatic heterocycles. The number of piperidine rings is 1. The van der Waals surface area contributed by atoms with E-state index in [1.54, 1.807) is 28.6 Å². The number of methoxy groups -OCH3 is 1. The third-order valence-electron chi connectivity index (χ3n) is 6.08. The summed E-state index contributed by atoms with van der Waals surface area (Å²) in [7, 11) is -2.13. The lowest BCUT2D eigenvalue weighted by Crippen LogP contribution is -2.42. The Balaban J connectivity index is 1.43. The van der Waals surface area contributed by atoms with Crippen LogP contribution in [0.25, 0.3) is 10.4 Å². The van der Waals surface area contributed by atoms with E-state index in [1.165, 1.54) is 18.4 Å². The highest BCUT2D eigenvalue weighted by Gasteiger charge is 2.29. The predicted octanol–water partition coefficient (Wildman–Crippen LogP) is 5.60. The lowest BCUT2D eigenvalue weighted by Gasteiger charge is -2.32. The number of carbonyl (C=O) groups is 2. The number of rotatable bonds is 10. The summed E-state index contributed by atoms with van der Waals surface area (Å²) in [6.07, 6.45) is 1.95. The van der Waals surface area contributed by atoms with E-state index in [-0.39, 0.29) is 29.0 Å². The number of hydrogen-bond acceptors (Lipinski definition) is 8. The average molecular weight is 642 g/mol. The molecule has 0 radical (unpaired) electrons. The minimum Gasteiger partial charge on any atom is -0.483 e. The summed E-state index contributed by atoms with van der Waals surface area (Å²) < 4.78 is 38.3. The second kappa shape index (κ2) is 12.6. The number of benzene rings is 2. The van der Waals surface area contributed by atoms with E-state index < -0.39 is 16.0 Å². The molecule has 12 heteroatoms. The highest BCUT2D eigenvalue weighted by molar-refractivity contribution is 9.10. The van der Waals surface area contributed by atoms with E-state index in [2.05, 4.69) is 21.2 Å². The van der Waals surface area contributed by atoms with Gasteiger partial charge in [0.05, 0.1) is 22.2 Å². The van der Waals surface area contributed by atoms with Crippen molar-refractivity contribution < 1.29 is 27.5 Å². The molecule has 1 fully saturated rings. The Morgan fingerprint density at radius 3 is 2.58 bits per heavy atom. The number of nitrogens with zero attached hydrogens (tertiary/aromatic N) is 1. The van der Waals surface area contributed by atoms with Gasteiger partial charge in [-0.25, -0.2) is 17.5 Å². The first kappa shape index (κ1) is 28.6. The van der Waals surface area contributed by atoms with E-state index in [1.807, 2.05) is 24.3 Å².